The molecule has 0 saturated heterocycles. The van der Waals surface area contributed by atoms with Gasteiger partial charge in [-0.15, -0.1) is 0 Å². The van der Waals surface area contributed by atoms with E-state index in [1.54, 1.807) is 18.3 Å². The number of aromatic nitrogens is 1. The highest BCUT2D eigenvalue weighted by Crippen LogP contribution is 2.03. The summed E-state index contributed by atoms with van der Waals surface area (Å²) in [5.74, 6) is 0.0144. The number of carbonyl (C=O) groups is 2. The van der Waals surface area contributed by atoms with E-state index >= 15 is 0 Å². The zero-order valence-corrected chi connectivity index (χ0v) is 7.49. The van der Waals surface area contributed by atoms with Crippen molar-refractivity contribution in [2.75, 3.05) is 0 Å². The highest BCUT2D eigenvalue weighted by atomic mass is 16.1. The molecule has 0 aliphatic heterocycles. The van der Waals surface area contributed by atoms with Crippen molar-refractivity contribution in [1.29, 1.82) is 0 Å². The molecular weight excluding hydrogens is 166 g/mol. The number of rotatable bonds is 4. The van der Waals surface area contributed by atoms with Crippen molar-refractivity contribution in [3.63, 3.8) is 0 Å². The first-order valence-electron chi connectivity index (χ1n) is 4.13. The Kier molecular flexibility index (Phi) is 3.31. The maximum absolute atomic E-state index is 11.4. The van der Waals surface area contributed by atoms with Gasteiger partial charge in [-0.3, -0.25) is 9.78 Å². The number of nitrogens with zero attached hydrogens (tertiary/aromatic N) is 1. The summed E-state index contributed by atoms with van der Waals surface area (Å²) in [6.07, 6.45) is 3.72. The van der Waals surface area contributed by atoms with Gasteiger partial charge in [0.15, 0.2) is 5.78 Å². The van der Waals surface area contributed by atoms with E-state index in [2.05, 4.69) is 4.98 Å². The van der Waals surface area contributed by atoms with Crippen molar-refractivity contribution >= 4 is 11.6 Å². The largest absolute Gasteiger partial charge is 0.300 e. The van der Waals surface area contributed by atoms with E-state index in [0.717, 1.165) is 0 Å². The van der Waals surface area contributed by atoms with Crippen molar-refractivity contribution < 1.29 is 9.59 Å². The molecule has 0 aliphatic carbocycles. The van der Waals surface area contributed by atoms with Crippen LogP contribution in [0.2, 0.25) is 0 Å². The molecule has 1 rings (SSSR count). The highest BCUT2D eigenvalue weighted by molar-refractivity contribution is 5.97. The smallest absolute Gasteiger partial charge is 0.164 e. The van der Waals surface area contributed by atoms with Crippen molar-refractivity contribution in [1.82, 2.24) is 4.98 Å². The van der Waals surface area contributed by atoms with Crippen LogP contribution in [-0.2, 0) is 4.79 Å². The molecule has 1 heterocycles. The maximum atomic E-state index is 11.4. The molecule has 0 radical (unpaired) electrons. The van der Waals surface area contributed by atoms with E-state index in [9.17, 15) is 9.59 Å². The van der Waals surface area contributed by atoms with Crippen LogP contribution in [0.15, 0.2) is 24.5 Å². The van der Waals surface area contributed by atoms with Crippen LogP contribution in [0.25, 0.3) is 0 Å². The van der Waals surface area contributed by atoms with Crippen LogP contribution in [0, 0.1) is 0 Å². The minimum Gasteiger partial charge on any atom is -0.300 e. The molecule has 3 heteroatoms. The normalized spacial score (nSPS) is 9.62. The quantitative estimate of drug-likeness (QED) is 0.657. The summed E-state index contributed by atoms with van der Waals surface area (Å²) < 4.78 is 0. The fourth-order valence-corrected chi connectivity index (χ4v) is 0.962. The Labute approximate surface area is 76.8 Å². The summed E-state index contributed by atoms with van der Waals surface area (Å²) >= 11 is 0. The average molecular weight is 177 g/mol. The number of carbonyl (C=O) groups excluding carboxylic acids is 2. The van der Waals surface area contributed by atoms with Gasteiger partial charge in [0.05, 0.1) is 0 Å². The van der Waals surface area contributed by atoms with Gasteiger partial charge in [0.2, 0.25) is 0 Å². The van der Waals surface area contributed by atoms with Crippen LogP contribution >= 0.6 is 0 Å². The van der Waals surface area contributed by atoms with Gasteiger partial charge >= 0.3 is 0 Å². The van der Waals surface area contributed by atoms with E-state index < -0.39 is 0 Å². The number of ketones is 2. The third kappa shape index (κ3) is 3.15. The van der Waals surface area contributed by atoms with Gasteiger partial charge in [0, 0.05) is 30.8 Å². The van der Waals surface area contributed by atoms with Gasteiger partial charge in [0.25, 0.3) is 0 Å². The minimum atomic E-state index is -0.0247. The molecule has 13 heavy (non-hydrogen) atoms. The zero-order chi connectivity index (χ0) is 9.68. The lowest BCUT2D eigenvalue weighted by molar-refractivity contribution is -0.116. The molecule has 0 unspecified atom stereocenters. The summed E-state index contributed by atoms with van der Waals surface area (Å²) in [5, 5.41) is 0. The van der Waals surface area contributed by atoms with E-state index in [0.29, 0.717) is 12.0 Å². The molecule has 0 fully saturated rings. The fraction of sp³-hybridized carbons (Fsp3) is 0.300. The second-order valence-electron chi connectivity index (χ2n) is 2.87. The van der Waals surface area contributed by atoms with Gasteiger partial charge < -0.3 is 4.79 Å². The summed E-state index contributed by atoms with van der Waals surface area (Å²) in [5.41, 5.74) is 0.573. The lowest BCUT2D eigenvalue weighted by atomic mass is 10.1. The second-order valence-corrected chi connectivity index (χ2v) is 2.87. The van der Waals surface area contributed by atoms with Crippen LogP contribution in [0.5, 0.6) is 0 Å². The van der Waals surface area contributed by atoms with E-state index in [4.69, 9.17) is 0 Å². The van der Waals surface area contributed by atoms with Crippen LogP contribution in [0.3, 0.4) is 0 Å². The van der Waals surface area contributed by atoms with Crippen LogP contribution in [0.4, 0.5) is 0 Å². The molecule has 0 saturated carbocycles. The van der Waals surface area contributed by atoms with Crippen LogP contribution in [0.1, 0.15) is 30.1 Å². The predicted molar refractivity (Wildman–Crippen MR) is 48.5 cm³/mol. The molecule has 0 N–H and O–H groups in total. The molecular formula is C10H11NO2. The van der Waals surface area contributed by atoms with Gasteiger partial charge in [-0.25, -0.2) is 0 Å². The van der Waals surface area contributed by atoms with Crippen molar-refractivity contribution in [3.05, 3.63) is 30.1 Å². The standard InChI is InChI=1S/C10H11NO2/c1-8(12)4-5-10(13)9-3-2-6-11-7-9/h2-3,6-7H,4-5H2,1H3. The third-order valence-electron chi connectivity index (χ3n) is 1.69. The Morgan fingerprint density at radius 1 is 1.38 bits per heavy atom. The molecule has 0 spiro atoms. The molecule has 68 valence electrons. The summed E-state index contributed by atoms with van der Waals surface area (Å²) in [4.78, 5) is 25.8. The Bertz CT molecular complexity index is 306. The first-order chi connectivity index (χ1) is 6.20. The van der Waals surface area contributed by atoms with Crippen LogP contribution < -0.4 is 0 Å². The van der Waals surface area contributed by atoms with Crippen molar-refractivity contribution in [2.45, 2.75) is 19.8 Å². The third-order valence-corrected chi connectivity index (χ3v) is 1.69. The Hall–Kier alpha value is -1.51. The lowest BCUT2D eigenvalue weighted by Crippen LogP contribution is -2.02. The number of hydrogen-bond acceptors (Lipinski definition) is 3. The SMILES string of the molecule is CC(=O)CCC(=O)c1cccnc1. The monoisotopic (exact) mass is 177 g/mol. The van der Waals surface area contributed by atoms with Gasteiger partial charge in [-0.2, -0.15) is 0 Å². The minimum absolute atomic E-state index is 0.0247. The Morgan fingerprint density at radius 3 is 2.69 bits per heavy atom. The lowest BCUT2D eigenvalue weighted by Gasteiger charge is -1.97. The van der Waals surface area contributed by atoms with Gasteiger partial charge in [-0.05, 0) is 19.1 Å². The molecule has 3 nitrogen and oxygen atoms in total. The summed E-state index contributed by atoms with van der Waals surface area (Å²) in [6, 6.07) is 3.41. The fourth-order valence-electron chi connectivity index (χ4n) is 0.962. The average Bonchev–Trinajstić information content (AvgIpc) is 2.15. The van der Waals surface area contributed by atoms with Crippen LogP contribution in [-0.4, -0.2) is 16.6 Å². The van der Waals surface area contributed by atoms with E-state index in [-0.39, 0.29) is 18.0 Å². The molecule has 0 amide bonds. The molecule has 0 aliphatic rings. The van der Waals surface area contributed by atoms with E-state index in [1.807, 2.05) is 0 Å². The molecule has 1 aromatic rings. The maximum Gasteiger partial charge on any atom is 0.164 e. The molecule has 1 aromatic heterocycles. The Balaban J connectivity index is 2.54. The highest BCUT2D eigenvalue weighted by Gasteiger charge is 2.05. The van der Waals surface area contributed by atoms with Crippen molar-refractivity contribution in [3.8, 4) is 0 Å². The molecule has 0 bridgehead atoms. The topological polar surface area (TPSA) is 47.0 Å². The van der Waals surface area contributed by atoms with Gasteiger partial charge in [-0.1, -0.05) is 0 Å². The molecule has 0 atom stereocenters. The number of hydrogen-bond donors (Lipinski definition) is 0. The Morgan fingerprint density at radius 2 is 2.15 bits per heavy atom. The summed E-state index contributed by atoms with van der Waals surface area (Å²) in [7, 11) is 0. The number of pyridine rings is 1. The first kappa shape index (κ1) is 9.58. The van der Waals surface area contributed by atoms with Gasteiger partial charge in [0.1, 0.15) is 5.78 Å². The predicted octanol–water partition coefficient (Wildman–Crippen LogP) is 1.63. The number of Topliss-reactive ketones (excluding diaryl/α,β-unsaturated/α-hetero) is 2. The first-order valence-corrected chi connectivity index (χ1v) is 4.13. The van der Waals surface area contributed by atoms with E-state index in [1.165, 1.54) is 13.1 Å². The zero-order valence-electron chi connectivity index (χ0n) is 7.49. The molecule has 0 aromatic carbocycles. The summed E-state index contributed by atoms with van der Waals surface area (Å²) in [6.45, 7) is 1.48. The second kappa shape index (κ2) is 4.50. The van der Waals surface area contributed by atoms with Crippen molar-refractivity contribution in [2.24, 2.45) is 0 Å².